The van der Waals surface area contributed by atoms with E-state index < -0.39 is 0 Å². The minimum Gasteiger partial charge on any atom is -0.497 e. The van der Waals surface area contributed by atoms with Gasteiger partial charge in [0.2, 0.25) is 0 Å². The van der Waals surface area contributed by atoms with Crippen LogP contribution in [0.15, 0.2) is 22.7 Å². The lowest BCUT2D eigenvalue weighted by Gasteiger charge is -2.40. The molecule has 0 radical (unpaired) electrons. The summed E-state index contributed by atoms with van der Waals surface area (Å²) in [5.74, 6) is 2.61. The van der Waals surface area contributed by atoms with Crippen LogP contribution in [0.3, 0.4) is 0 Å². The van der Waals surface area contributed by atoms with Crippen molar-refractivity contribution in [2.24, 2.45) is 5.41 Å². The standard InChI is InChI=1S/C13H17BrO2S/c1-15-10-3-4-12(11(14)7-10)16-8-13(9-17)5-2-6-13/h3-4,7,17H,2,5-6,8-9H2,1H3. The number of ether oxygens (including phenoxy) is 2. The van der Waals surface area contributed by atoms with Crippen LogP contribution in [-0.4, -0.2) is 19.5 Å². The summed E-state index contributed by atoms with van der Waals surface area (Å²) >= 11 is 7.92. The molecule has 4 heteroatoms. The number of rotatable bonds is 5. The molecule has 94 valence electrons. The quantitative estimate of drug-likeness (QED) is 0.829. The van der Waals surface area contributed by atoms with Crippen LogP contribution < -0.4 is 9.47 Å². The van der Waals surface area contributed by atoms with Gasteiger partial charge >= 0.3 is 0 Å². The minimum atomic E-state index is 0.294. The predicted molar refractivity (Wildman–Crippen MR) is 76.3 cm³/mol. The molecular formula is C13H17BrO2S. The molecular weight excluding hydrogens is 300 g/mol. The van der Waals surface area contributed by atoms with Crippen molar-refractivity contribution >= 4 is 28.6 Å². The number of hydrogen-bond donors (Lipinski definition) is 1. The van der Waals surface area contributed by atoms with Gasteiger partial charge in [-0.15, -0.1) is 0 Å². The van der Waals surface area contributed by atoms with Gasteiger partial charge in [-0.1, -0.05) is 6.42 Å². The molecule has 1 aromatic carbocycles. The highest BCUT2D eigenvalue weighted by Gasteiger charge is 2.36. The highest BCUT2D eigenvalue weighted by molar-refractivity contribution is 9.10. The Kier molecular flexibility index (Phi) is 4.26. The lowest BCUT2D eigenvalue weighted by molar-refractivity contribution is 0.0825. The van der Waals surface area contributed by atoms with Crippen molar-refractivity contribution in [1.29, 1.82) is 0 Å². The van der Waals surface area contributed by atoms with E-state index in [0.29, 0.717) is 5.41 Å². The lowest BCUT2D eigenvalue weighted by atomic mass is 9.71. The number of halogens is 1. The zero-order valence-electron chi connectivity index (χ0n) is 9.91. The smallest absolute Gasteiger partial charge is 0.133 e. The molecule has 0 saturated heterocycles. The minimum absolute atomic E-state index is 0.294. The van der Waals surface area contributed by atoms with Gasteiger partial charge in [0.15, 0.2) is 0 Å². The molecule has 0 amide bonds. The first-order valence-corrected chi connectivity index (χ1v) is 7.19. The highest BCUT2D eigenvalue weighted by Crippen LogP contribution is 2.42. The SMILES string of the molecule is COc1ccc(OCC2(CS)CCC2)c(Br)c1. The average Bonchev–Trinajstić information content (AvgIpc) is 2.30. The van der Waals surface area contributed by atoms with E-state index in [1.807, 2.05) is 18.2 Å². The maximum absolute atomic E-state index is 5.88. The van der Waals surface area contributed by atoms with Gasteiger partial charge in [-0.3, -0.25) is 0 Å². The van der Waals surface area contributed by atoms with E-state index in [1.54, 1.807) is 7.11 Å². The lowest BCUT2D eigenvalue weighted by Crippen LogP contribution is -2.37. The van der Waals surface area contributed by atoms with Crippen LogP contribution in [0.5, 0.6) is 11.5 Å². The Hall–Kier alpha value is -0.350. The van der Waals surface area contributed by atoms with Crippen LogP contribution in [0.25, 0.3) is 0 Å². The fourth-order valence-electron chi connectivity index (χ4n) is 1.98. The van der Waals surface area contributed by atoms with E-state index in [4.69, 9.17) is 9.47 Å². The molecule has 1 aromatic rings. The summed E-state index contributed by atoms with van der Waals surface area (Å²) in [6, 6.07) is 5.77. The van der Waals surface area contributed by atoms with Crippen molar-refractivity contribution in [2.75, 3.05) is 19.5 Å². The van der Waals surface area contributed by atoms with Crippen LogP contribution >= 0.6 is 28.6 Å². The van der Waals surface area contributed by atoms with E-state index in [0.717, 1.165) is 28.3 Å². The van der Waals surface area contributed by atoms with E-state index in [2.05, 4.69) is 28.6 Å². The summed E-state index contributed by atoms with van der Waals surface area (Å²) in [6.45, 7) is 0.751. The Balaban J connectivity index is 1.99. The maximum Gasteiger partial charge on any atom is 0.133 e. The maximum atomic E-state index is 5.88. The van der Waals surface area contributed by atoms with Crippen molar-refractivity contribution in [2.45, 2.75) is 19.3 Å². The van der Waals surface area contributed by atoms with E-state index >= 15 is 0 Å². The van der Waals surface area contributed by atoms with Crippen molar-refractivity contribution in [3.63, 3.8) is 0 Å². The molecule has 0 bridgehead atoms. The summed E-state index contributed by atoms with van der Waals surface area (Å²) < 4.78 is 12.0. The molecule has 1 aliphatic rings. The largest absolute Gasteiger partial charge is 0.497 e. The molecule has 2 rings (SSSR count). The van der Waals surface area contributed by atoms with Gasteiger partial charge in [-0.25, -0.2) is 0 Å². The van der Waals surface area contributed by atoms with Crippen molar-refractivity contribution < 1.29 is 9.47 Å². The van der Waals surface area contributed by atoms with Crippen LogP contribution in [0, 0.1) is 5.41 Å². The monoisotopic (exact) mass is 316 g/mol. The molecule has 0 aromatic heterocycles. The van der Waals surface area contributed by atoms with Crippen LogP contribution in [0.2, 0.25) is 0 Å². The zero-order chi connectivity index (χ0) is 12.3. The molecule has 0 spiro atoms. The van der Waals surface area contributed by atoms with Gasteiger partial charge in [-0.2, -0.15) is 12.6 Å². The third-order valence-electron chi connectivity index (χ3n) is 3.42. The molecule has 0 unspecified atom stereocenters. The van der Waals surface area contributed by atoms with Crippen LogP contribution in [0.4, 0.5) is 0 Å². The second-order valence-corrected chi connectivity index (χ2v) is 5.77. The summed E-state index contributed by atoms with van der Waals surface area (Å²) in [5.41, 5.74) is 0.294. The summed E-state index contributed by atoms with van der Waals surface area (Å²) in [7, 11) is 1.66. The Labute approximate surface area is 116 Å². The molecule has 1 aliphatic carbocycles. The highest BCUT2D eigenvalue weighted by atomic mass is 79.9. The molecule has 0 heterocycles. The molecule has 1 saturated carbocycles. The summed E-state index contributed by atoms with van der Waals surface area (Å²) in [6.07, 6.45) is 3.75. The number of hydrogen-bond acceptors (Lipinski definition) is 3. The predicted octanol–water partition coefficient (Wildman–Crippen LogP) is 3.94. The Bertz CT molecular complexity index is 385. The fraction of sp³-hybridized carbons (Fsp3) is 0.538. The Morgan fingerprint density at radius 1 is 1.41 bits per heavy atom. The number of thiol groups is 1. The third kappa shape index (κ3) is 2.91. The van der Waals surface area contributed by atoms with E-state index in [9.17, 15) is 0 Å². The molecule has 2 nitrogen and oxygen atoms in total. The molecule has 0 atom stereocenters. The van der Waals surface area contributed by atoms with Crippen LogP contribution in [-0.2, 0) is 0 Å². The first-order chi connectivity index (χ1) is 8.19. The van der Waals surface area contributed by atoms with Gasteiger partial charge in [0.25, 0.3) is 0 Å². The first kappa shape index (κ1) is 13.1. The second-order valence-electron chi connectivity index (χ2n) is 4.60. The van der Waals surface area contributed by atoms with Crippen molar-refractivity contribution in [3.05, 3.63) is 22.7 Å². The van der Waals surface area contributed by atoms with Gasteiger partial charge in [0, 0.05) is 5.41 Å². The van der Waals surface area contributed by atoms with Crippen LogP contribution in [0.1, 0.15) is 19.3 Å². The van der Waals surface area contributed by atoms with Crippen molar-refractivity contribution in [3.8, 4) is 11.5 Å². The Morgan fingerprint density at radius 2 is 2.18 bits per heavy atom. The molecule has 0 N–H and O–H groups in total. The molecule has 17 heavy (non-hydrogen) atoms. The van der Waals surface area contributed by atoms with Crippen molar-refractivity contribution in [1.82, 2.24) is 0 Å². The van der Waals surface area contributed by atoms with Gasteiger partial charge in [-0.05, 0) is 52.7 Å². The summed E-state index contributed by atoms with van der Waals surface area (Å²) in [5, 5.41) is 0. The van der Waals surface area contributed by atoms with E-state index in [-0.39, 0.29) is 0 Å². The summed E-state index contributed by atoms with van der Waals surface area (Å²) in [4.78, 5) is 0. The second kappa shape index (κ2) is 5.53. The van der Waals surface area contributed by atoms with Gasteiger partial charge in [0.05, 0.1) is 18.2 Å². The Morgan fingerprint density at radius 3 is 2.65 bits per heavy atom. The zero-order valence-corrected chi connectivity index (χ0v) is 12.4. The molecule has 1 fully saturated rings. The average molecular weight is 317 g/mol. The van der Waals surface area contributed by atoms with Gasteiger partial charge < -0.3 is 9.47 Å². The topological polar surface area (TPSA) is 18.5 Å². The first-order valence-electron chi connectivity index (χ1n) is 5.76. The molecule has 0 aliphatic heterocycles. The van der Waals surface area contributed by atoms with E-state index in [1.165, 1.54) is 19.3 Å². The number of methoxy groups -OCH3 is 1. The fourth-order valence-corrected chi connectivity index (χ4v) is 2.86. The number of benzene rings is 1. The van der Waals surface area contributed by atoms with Gasteiger partial charge in [0.1, 0.15) is 11.5 Å². The third-order valence-corrected chi connectivity index (χ3v) is 4.71. The normalized spacial score (nSPS) is 17.4.